The Bertz CT molecular complexity index is 228. The van der Waals surface area contributed by atoms with Crippen LogP contribution in [0.4, 0.5) is 0 Å². The molecular weight excluding hydrogens is 160 g/mol. The van der Waals surface area contributed by atoms with Gasteiger partial charge in [0.15, 0.2) is 0 Å². The predicted octanol–water partition coefficient (Wildman–Crippen LogP) is 3.04. The normalized spacial score (nSPS) is 34.6. The second-order valence-electron chi connectivity index (χ2n) is 4.49. The highest BCUT2D eigenvalue weighted by atomic mass is 14.9. The van der Waals surface area contributed by atoms with Gasteiger partial charge in [-0.25, -0.2) is 0 Å². The molecule has 0 aromatic heterocycles. The molecule has 2 saturated carbocycles. The van der Waals surface area contributed by atoms with Gasteiger partial charge in [-0.2, -0.15) is 4.79 Å². The van der Waals surface area contributed by atoms with Crippen molar-refractivity contribution >= 4 is 5.71 Å². The molecule has 0 aromatic carbocycles. The average molecular weight is 178 g/mol. The predicted molar refractivity (Wildman–Crippen MR) is 52.5 cm³/mol. The molecule has 72 valence electrons. The zero-order valence-corrected chi connectivity index (χ0v) is 8.21. The molecule has 2 fully saturated rings. The first-order valence-electron chi connectivity index (χ1n) is 5.62. The minimum Gasteiger partial charge on any atom is -0.362 e. The fourth-order valence-corrected chi connectivity index (χ4v) is 3.01. The molecule has 0 radical (unpaired) electrons. The summed E-state index contributed by atoms with van der Waals surface area (Å²) in [6, 6.07) is 0. The Kier molecular flexibility index (Phi) is 2.80. The fraction of sp³-hybridized carbons (Fsp3) is 0.909. The van der Waals surface area contributed by atoms with Crippen molar-refractivity contribution in [1.29, 1.82) is 0 Å². The van der Waals surface area contributed by atoms with Crippen molar-refractivity contribution < 1.29 is 4.79 Å². The van der Waals surface area contributed by atoms with Gasteiger partial charge in [0.1, 0.15) is 0 Å². The summed E-state index contributed by atoms with van der Waals surface area (Å²) in [6.45, 7) is 0. The molecule has 0 N–H and O–H groups in total. The number of rotatable bonds is 0. The van der Waals surface area contributed by atoms with Gasteiger partial charge in [-0.3, -0.25) is 0 Å². The molecule has 2 aliphatic carbocycles. The van der Waals surface area contributed by atoms with Crippen molar-refractivity contribution in [2.75, 3.05) is 0 Å². The van der Waals surface area contributed by atoms with Crippen LogP contribution in [0.5, 0.6) is 0 Å². The first kappa shape index (κ1) is 8.96. The van der Waals surface area contributed by atoms with E-state index in [1.54, 1.807) is 0 Å². The highest BCUT2D eigenvalue weighted by molar-refractivity contribution is 5.82. The molecule has 0 spiro atoms. The van der Waals surface area contributed by atoms with Crippen molar-refractivity contribution in [3.63, 3.8) is 0 Å². The second-order valence-corrected chi connectivity index (χ2v) is 4.49. The van der Waals surface area contributed by atoms with Gasteiger partial charge in [0, 0.05) is 6.42 Å². The van der Waals surface area contributed by atoms with E-state index in [4.69, 9.17) is 5.53 Å². The fourth-order valence-electron chi connectivity index (χ4n) is 3.01. The van der Waals surface area contributed by atoms with E-state index in [1.807, 2.05) is 0 Å². The zero-order chi connectivity index (χ0) is 9.10. The van der Waals surface area contributed by atoms with Gasteiger partial charge in [-0.1, -0.05) is 19.3 Å². The highest BCUT2D eigenvalue weighted by Gasteiger charge is 2.35. The highest BCUT2D eigenvalue weighted by Crippen LogP contribution is 2.37. The monoisotopic (exact) mass is 178 g/mol. The Hall–Kier alpha value is -0.620. The Labute approximate surface area is 80.0 Å². The molecule has 2 atom stereocenters. The average Bonchev–Trinajstić information content (AvgIpc) is 2.39. The van der Waals surface area contributed by atoms with Gasteiger partial charge in [-0.15, -0.1) is 0 Å². The molecule has 0 aliphatic heterocycles. The van der Waals surface area contributed by atoms with Gasteiger partial charge < -0.3 is 5.53 Å². The van der Waals surface area contributed by atoms with Gasteiger partial charge in [-0.05, 0) is 31.6 Å². The summed E-state index contributed by atoms with van der Waals surface area (Å²) in [6.07, 6.45) is 10.3. The molecule has 0 bridgehead atoms. The van der Waals surface area contributed by atoms with E-state index >= 15 is 0 Å². The molecule has 0 saturated heterocycles. The van der Waals surface area contributed by atoms with Crippen LogP contribution in [0.1, 0.15) is 51.4 Å². The lowest BCUT2D eigenvalue weighted by molar-refractivity contribution is -0.0200. The van der Waals surface area contributed by atoms with Crippen molar-refractivity contribution in [1.82, 2.24) is 0 Å². The van der Waals surface area contributed by atoms with Gasteiger partial charge in [0.25, 0.3) is 5.71 Å². The zero-order valence-electron chi connectivity index (χ0n) is 8.21. The molecule has 0 amide bonds. The lowest BCUT2D eigenvalue weighted by Crippen LogP contribution is -2.26. The largest absolute Gasteiger partial charge is 0.362 e. The standard InChI is InChI=1S/C11H18N2/c12-13-11-8-4-2-6-9-5-1-3-7-10(9)11/h9-10H,1-8H2. The first-order valence-corrected chi connectivity index (χ1v) is 5.62. The molecule has 2 rings (SSSR count). The van der Waals surface area contributed by atoms with E-state index < -0.39 is 0 Å². The van der Waals surface area contributed by atoms with Crippen LogP contribution in [0, 0.1) is 11.8 Å². The summed E-state index contributed by atoms with van der Waals surface area (Å²) in [5.41, 5.74) is 10.0. The van der Waals surface area contributed by atoms with Crippen LogP contribution < -0.4 is 0 Å². The van der Waals surface area contributed by atoms with E-state index in [0.717, 1.165) is 18.1 Å². The Morgan fingerprint density at radius 2 is 1.69 bits per heavy atom. The summed E-state index contributed by atoms with van der Waals surface area (Å²) in [7, 11) is 0. The molecule has 2 heteroatoms. The maximum atomic E-state index is 8.94. The quantitative estimate of drug-likeness (QED) is 0.404. The second kappa shape index (κ2) is 4.06. The third-order valence-corrected chi connectivity index (χ3v) is 3.72. The van der Waals surface area contributed by atoms with Gasteiger partial charge in [0.2, 0.25) is 0 Å². The van der Waals surface area contributed by atoms with Crippen LogP contribution >= 0.6 is 0 Å². The molecule has 0 heterocycles. The van der Waals surface area contributed by atoms with Crippen molar-refractivity contribution in [2.24, 2.45) is 11.8 Å². The summed E-state index contributed by atoms with van der Waals surface area (Å²) in [5, 5.41) is 0. The number of nitrogens with zero attached hydrogens (tertiary/aromatic N) is 2. The number of fused-ring (bicyclic) bond motifs is 1. The summed E-state index contributed by atoms with van der Waals surface area (Å²) in [5.74, 6) is 1.46. The number of hydrogen-bond acceptors (Lipinski definition) is 0. The van der Waals surface area contributed by atoms with Crippen LogP contribution in [0.15, 0.2) is 0 Å². The maximum Gasteiger partial charge on any atom is 0.272 e. The lowest BCUT2D eigenvalue weighted by Gasteiger charge is -2.26. The molecule has 2 aliphatic rings. The Morgan fingerprint density at radius 3 is 2.46 bits per heavy atom. The van der Waals surface area contributed by atoms with Crippen molar-refractivity contribution in [3.05, 3.63) is 5.53 Å². The van der Waals surface area contributed by atoms with E-state index in [1.165, 1.54) is 44.9 Å². The van der Waals surface area contributed by atoms with Gasteiger partial charge >= 0.3 is 0 Å². The molecular formula is C11H18N2. The van der Waals surface area contributed by atoms with E-state index in [0.29, 0.717) is 5.92 Å². The van der Waals surface area contributed by atoms with Crippen molar-refractivity contribution in [3.8, 4) is 0 Å². The molecule has 2 nitrogen and oxygen atoms in total. The maximum absolute atomic E-state index is 8.94. The SMILES string of the molecule is [N-]=[N+]=C1CCCCC2CCCCC12. The molecule has 0 aromatic rings. The van der Waals surface area contributed by atoms with Crippen LogP contribution in [-0.2, 0) is 0 Å². The van der Waals surface area contributed by atoms with E-state index in [-0.39, 0.29) is 0 Å². The van der Waals surface area contributed by atoms with E-state index in [9.17, 15) is 0 Å². The third-order valence-electron chi connectivity index (χ3n) is 3.72. The topological polar surface area (TPSA) is 36.4 Å². The summed E-state index contributed by atoms with van der Waals surface area (Å²) >= 11 is 0. The van der Waals surface area contributed by atoms with Gasteiger partial charge in [0.05, 0.1) is 5.92 Å². The van der Waals surface area contributed by atoms with Crippen LogP contribution in [0.3, 0.4) is 0 Å². The van der Waals surface area contributed by atoms with Crippen LogP contribution in [-0.4, -0.2) is 10.5 Å². The molecule has 13 heavy (non-hydrogen) atoms. The Balaban J connectivity index is 2.16. The Morgan fingerprint density at radius 1 is 1.00 bits per heavy atom. The van der Waals surface area contributed by atoms with Crippen LogP contribution in [0.2, 0.25) is 0 Å². The van der Waals surface area contributed by atoms with Crippen molar-refractivity contribution in [2.45, 2.75) is 51.4 Å². The molecule has 2 unspecified atom stereocenters. The lowest BCUT2D eigenvalue weighted by atomic mass is 9.76. The first-order chi connectivity index (χ1) is 6.42. The summed E-state index contributed by atoms with van der Waals surface area (Å²) in [4.78, 5) is 3.51. The van der Waals surface area contributed by atoms with Crippen LogP contribution in [0.25, 0.3) is 5.53 Å². The smallest absolute Gasteiger partial charge is 0.272 e. The van der Waals surface area contributed by atoms with E-state index in [2.05, 4.69) is 4.79 Å². The minimum atomic E-state index is 0.626. The third kappa shape index (κ3) is 1.83. The summed E-state index contributed by atoms with van der Waals surface area (Å²) < 4.78 is 0. The number of hydrogen-bond donors (Lipinski definition) is 0. The minimum absolute atomic E-state index is 0.626.